The maximum atomic E-state index is 13.1. The van der Waals surface area contributed by atoms with E-state index in [-0.39, 0.29) is 0 Å². The van der Waals surface area contributed by atoms with Crippen LogP contribution in [0, 0.1) is 0 Å². The summed E-state index contributed by atoms with van der Waals surface area (Å²) in [6.07, 6.45) is 3.55. The minimum Gasteiger partial charge on any atom is -0.493 e. The Morgan fingerprint density at radius 2 is 1.77 bits per heavy atom. The Morgan fingerprint density at radius 1 is 0.938 bits per heavy atom. The number of benzene rings is 3. The molecule has 0 saturated carbocycles. The molecule has 2 aromatic heterocycles. The molecule has 5 aromatic rings. The Kier molecular flexibility index (Phi) is 10.00. The van der Waals surface area contributed by atoms with Crippen LogP contribution in [0.5, 0.6) is 5.75 Å². The van der Waals surface area contributed by atoms with Crippen LogP contribution >= 0.6 is 11.6 Å². The van der Waals surface area contributed by atoms with Gasteiger partial charge in [0.05, 0.1) is 54.9 Å². The van der Waals surface area contributed by atoms with Crippen molar-refractivity contribution in [2.75, 3.05) is 46.1 Å². The number of hydrogen-bond acceptors (Lipinski definition) is 6. The van der Waals surface area contributed by atoms with Gasteiger partial charge in [-0.3, -0.25) is 9.58 Å². The van der Waals surface area contributed by atoms with Crippen LogP contribution < -0.4 is 4.74 Å². The standard InChI is InChI=1S/C38H43ClN4O5/c1-2-31-35-32(43(40-31)18-17-41-19-23-46-24-20-41)25-47-21-6-5-16-42-36-29(14-15-30(39)34(35)36)28(37(42)38(44)45)12-8-22-48-33-13-7-10-26-9-3-4-11-27(26)33/h3-4,7,9-11,13-15H,2,5-6,8,12,16-25H2,1H3,(H,44,45). The van der Waals surface area contributed by atoms with E-state index in [1.165, 1.54) is 0 Å². The van der Waals surface area contributed by atoms with E-state index < -0.39 is 5.97 Å². The fraction of sp³-hybridized carbons (Fsp3) is 0.421. The lowest BCUT2D eigenvalue weighted by Gasteiger charge is -2.26. The van der Waals surface area contributed by atoms with Gasteiger partial charge in [-0.25, -0.2) is 4.79 Å². The highest BCUT2D eigenvalue weighted by Crippen LogP contribution is 2.43. The number of fused-ring (bicyclic) bond motifs is 3. The number of aromatic carboxylic acids is 1. The average Bonchev–Trinajstić information content (AvgIpc) is 3.61. The molecular formula is C38H43ClN4O5. The molecule has 7 rings (SSSR count). The van der Waals surface area contributed by atoms with Crippen LogP contribution in [-0.2, 0) is 42.0 Å². The fourth-order valence-electron chi connectivity index (χ4n) is 7.33. The van der Waals surface area contributed by atoms with Crippen LogP contribution in [0.2, 0.25) is 5.02 Å². The lowest BCUT2D eigenvalue weighted by atomic mass is 9.97. The van der Waals surface area contributed by atoms with E-state index in [0.717, 1.165) is 108 Å². The number of rotatable bonds is 10. The molecule has 0 bridgehead atoms. The summed E-state index contributed by atoms with van der Waals surface area (Å²) in [6, 6.07) is 18.2. The van der Waals surface area contributed by atoms with Crippen LogP contribution in [0.3, 0.4) is 0 Å². The third-order valence-electron chi connectivity index (χ3n) is 9.66. The number of carbonyl (C=O) groups is 1. The van der Waals surface area contributed by atoms with Gasteiger partial charge in [0.1, 0.15) is 11.4 Å². The molecule has 48 heavy (non-hydrogen) atoms. The molecule has 4 heterocycles. The van der Waals surface area contributed by atoms with Crippen molar-refractivity contribution < 1.29 is 24.1 Å². The van der Waals surface area contributed by atoms with Gasteiger partial charge in [-0.15, -0.1) is 0 Å². The number of ether oxygens (including phenoxy) is 3. The molecule has 2 aliphatic heterocycles. The summed E-state index contributed by atoms with van der Waals surface area (Å²) in [5.41, 5.74) is 5.78. The molecule has 2 aliphatic rings. The SMILES string of the molecule is CCc1nn(CCN2CCOCC2)c2c1-c1c(Cl)ccc3c(CCCOc4cccc5ccccc45)c(C(=O)O)n(c13)CCCCOC2. The van der Waals surface area contributed by atoms with E-state index >= 15 is 0 Å². The summed E-state index contributed by atoms with van der Waals surface area (Å²) in [5.74, 6) is -0.0912. The molecule has 0 radical (unpaired) electrons. The van der Waals surface area contributed by atoms with Gasteiger partial charge in [-0.1, -0.05) is 61.0 Å². The van der Waals surface area contributed by atoms with Crippen molar-refractivity contribution in [1.29, 1.82) is 0 Å². The number of aromatic nitrogens is 3. The second kappa shape index (κ2) is 14.7. The zero-order chi connectivity index (χ0) is 33.0. The van der Waals surface area contributed by atoms with Crippen molar-refractivity contribution in [3.63, 3.8) is 0 Å². The average molecular weight is 671 g/mol. The molecular weight excluding hydrogens is 628 g/mol. The molecule has 1 saturated heterocycles. The van der Waals surface area contributed by atoms with Crippen molar-refractivity contribution in [1.82, 2.24) is 19.2 Å². The Morgan fingerprint density at radius 3 is 2.60 bits per heavy atom. The third-order valence-corrected chi connectivity index (χ3v) is 9.98. The first-order valence-electron chi connectivity index (χ1n) is 17.2. The molecule has 0 atom stereocenters. The van der Waals surface area contributed by atoms with E-state index in [1.807, 2.05) is 41.0 Å². The lowest BCUT2D eigenvalue weighted by molar-refractivity contribution is 0.0354. The van der Waals surface area contributed by atoms with Crippen LogP contribution in [0.4, 0.5) is 0 Å². The van der Waals surface area contributed by atoms with Crippen molar-refractivity contribution in [3.05, 3.63) is 82.3 Å². The third kappa shape index (κ3) is 6.44. The van der Waals surface area contributed by atoms with Gasteiger partial charge >= 0.3 is 5.97 Å². The quantitative estimate of drug-likeness (QED) is 0.157. The number of carboxylic acid groups (broad SMARTS) is 1. The van der Waals surface area contributed by atoms with Crippen LogP contribution in [0.15, 0.2) is 54.6 Å². The lowest BCUT2D eigenvalue weighted by Crippen LogP contribution is -2.38. The molecule has 0 amide bonds. The summed E-state index contributed by atoms with van der Waals surface area (Å²) >= 11 is 7.14. The number of aryl methyl sites for hydroxylation is 3. The Labute approximate surface area is 285 Å². The smallest absolute Gasteiger partial charge is 0.352 e. The molecule has 9 nitrogen and oxygen atoms in total. The highest BCUT2D eigenvalue weighted by Gasteiger charge is 2.30. The van der Waals surface area contributed by atoms with E-state index in [2.05, 4.69) is 34.7 Å². The topological polar surface area (TPSA) is 91.0 Å². The molecule has 10 heteroatoms. The minimum absolute atomic E-state index is 0.332. The molecule has 252 valence electrons. The molecule has 0 unspecified atom stereocenters. The molecule has 0 spiro atoms. The highest BCUT2D eigenvalue weighted by atomic mass is 35.5. The number of carboxylic acids is 1. The normalized spacial score (nSPS) is 15.8. The van der Waals surface area contributed by atoms with E-state index in [0.29, 0.717) is 56.3 Å². The number of nitrogens with zero attached hydrogens (tertiary/aromatic N) is 4. The molecule has 1 N–H and O–H groups in total. The maximum Gasteiger partial charge on any atom is 0.352 e. The van der Waals surface area contributed by atoms with Crippen molar-refractivity contribution in [2.45, 2.75) is 58.7 Å². The van der Waals surface area contributed by atoms with Crippen molar-refractivity contribution in [2.24, 2.45) is 0 Å². The van der Waals surface area contributed by atoms with Crippen LogP contribution in [0.1, 0.15) is 53.6 Å². The second-order valence-corrected chi connectivity index (χ2v) is 13.0. The summed E-state index contributed by atoms with van der Waals surface area (Å²) in [7, 11) is 0. The van der Waals surface area contributed by atoms with Crippen LogP contribution in [0.25, 0.3) is 32.8 Å². The first-order valence-corrected chi connectivity index (χ1v) is 17.6. The van der Waals surface area contributed by atoms with Crippen molar-refractivity contribution >= 4 is 39.2 Å². The molecule has 1 fully saturated rings. The summed E-state index contributed by atoms with van der Waals surface area (Å²) in [4.78, 5) is 15.5. The summed E-state index contributed by atoms with van der Waals surface area (Å²) in [5, 5.41) is 19.5. The second-order valence-electron chi connectivity index (χ2n) is 12.6. The number of hydrogen-bond donors (Lipinski definition) is 1. The monoisotopic (exact) mass is 670 g/mol. The molecule has 0 aliphatic carbocycles. The number of morpholine rings is 1. The van der Waals surface area contributed by atoms with E-state index in [4.69, 9.17) is 30.9 Å². The van der Waals surface area contributed by atoms with Gasteiger partial charge in [-0.05, 0) is 55.2 Å². The zero-order valence-corrected chi connectivity index (χ0v) is 28.3. The zero-order valence-electron chi connectivity index (χ0n) is 27.5. The predicted octanol–water partition coefficient (Wildman–Crippen LogP) is 7.23. The predicted molar refractivity (Wildman–Crippen MR) is 188 cm³/mol. The summed E-state index contributed by atoms with van der Waals surface area (Å²) < 4.78 is 22.2. The Bertz CT molecular complexity index is 1920. The van der Waals surface area contributed by atoms with Gasteiger partial charge < -0.3 is 23.9 Å². The van der Waals surface area contributed by atoms with Crippen LogP contribution in [-0.4, -0.2) is 76.4 Å². The molecule has 3 aromatic carbocycles. The van der Waals surface area contributed by atoms with E-state index in [9.17, 15) is 9.90 Å². The highest BCUT2D eigenvalue weighted by molar-refractivity contribution is 6.35. The maximum absolute atomic E-state index is 13.1. The van der Waals surface area contributed by atoms with Gasteiger partial charge in [-0.2, -0.15) is 5.10 Å². The van der Waals surface area contributed by atoms with Crippen molar-refractivity contribution in [3.8, 4) is 16.9 Å². The Balaban J connectivity index is 1.28. The van der Waals surface area contributed by atoms with E-state index in [1.54, 1.807) is 0 Å². The summed E-state index contributed by atoms with van der Waals surface area (Å²) in [6.45, 7) is 9.05. The van der Waals surface area contributed by atoms with Gasteiger partial charge in [0.15, 0.2) is 0 Å². The van der Waals surface area contributed by atoms with Gasteiger partial charge in [0.2, 0.25) is 0 Å². The fourth-order valence-corrected chi connectivity index (χ4v) is 7.57. The van der Waals surface area contributed by atoms with Gasteiger partial charge in [0.25, 0.3) is 0 Å². The minimum atomic E-state index is -0.929. The van der Waals surface area contributed by atoms with Gasteiger partial charge in [0, 0.05) is 54.7 Å². The largest absolute Gasteiger partial charge is 0.493 e. The number of halogens is 1. The first-order chi connectivity index (χ1) is 23.5. The Hall–Kier alpha value is -3.89. The first kappa shape index (κ1) is 32.6.